The number of nitrogens with zero attached hydrogens (tertiary/aromatic N) is 2. The predicted molar refractivity (Wildman–Crippen MR) is 110 cm³/mol. The zero-order chi connectivity index (χ0) is 20.3. The molecule has 1 aromatic heterocycles. The number of rotatable bonds is 6. The highest BCUT2D eigenvalue weighted by Gasteiger charge is 2.30. The average molecular weight is 425 g/mol. The van der Waals surface area contributed by atoms with Crippen molar-refractivity contribution in [2.24, 2.45) is 0 Å². The van der Waals surface area contributed by atoms with Crippen LogP contribution in [-0.2, 0) is 11.2 Å². The number of aromatic hydroxyl groups is 1. The van der Waals surface area contributed by atoms with E-state index in [2.05, 4.69) is 4.98 Å². The number of hydrogen-bond acceptors (Lipinski definition) is 5. The van der Waals surface area contributed by atoms with Gasteiger partial charge in [0.15, 0.2) is 11.5 Å². The fourth-order valence-corrected chi connectivity index (χ4v) is 3.50. The third-order valence-electron chi connectivity index (χ3n) is 5.26. The zero-order valence-electron chi connectivity index (χ0n) is 16.6. The number of carbonyl (C=O) groups is 1. The van der Waals surface area contributed by atoms with Gasteiger partial charge in [-0.25, -0.2) is 9.37 Å². The first-order chi connectivity index (χ1) is 13.5. The van der Waals surface area contributed by atoms with Gasteiger partial charge < -0.3 is 9.84 Å². The third-order valence-corrected chi connectivity index (χ3v) is 5.26. The summed E-state index contributed by atoms with van der Waals surface area (Å²) in [6.07, 6.45) is 1.80. The summed E-state index contributed by atoms with van der Waals surface area (Å²) in [4.78, 5) is 30.0. The standard InChI is InChI=1S/C21H25FN2O4.ClH/c1-3-14-11-28-12-16(4-2)24-20(14)23-18(19(26)21(24)27)17(25)10-7-13-5-8-15(22)9-6-13;/h5-6,8-9,14,16,26H,3-4,7,10-12H2,1-2H3;1H/t14-,16+;/m1./s1. The molecule has 1 aromatic carbocycles. The molecule has 158 valence electrons. The van der Waals surface area contributed by atoms with Gasteiger partial charge in [0, 0.05) is 12.3 Å². The van der Waals surface area contributed by atoms with Crippen molar-refractivity contribution < 1.29 is 19.0 Å². The van der Waals surface area contributed by atoms with Crippen molar-refractivity contribution in [3.8, 4) is 5.75 Å². The van der Waals surface area contributed by atoms with Crippen LogP contribution in [0.3, 0.4) is 0 Å². The maximum atomic E-state index is 13.0. The summed E-state index contributed by atoms with van der Waals surface area (Å²) < 4.78 is 20.2. The van der Waals surface area contributed by atoms with E-state index >= 15 is 0 Å². The van der Waals surface area contributed by atoms with Gasteiger partial charge in [0.1, 0.15) is 11.6 Å². The lowest BCUT2D eigenvalue weighted by Gasteiger charge is -2.21. The van der Waals surface area contributed by atoms with Crippen LogP contribution in [0.25, 0.3) is 0 Å². The molecule has 0 fully saturated rings. The number of ketones is 1. The molecule has 2 atom stereocenters. The first-order valence-corrected chi connectivity index (χ1v) is 9.67. The van der Waals surface area contributed by atoms with Crippen LogP contribution in [0.2, 0.25) is 0 Å². The van der Waals surface area contributed by atoms with Crippen LogP contribution in [-0.4, -0.2) is 33.7 Å². The SMILES string of the molecule is CC[C@@H]1COC[C@H](CC)n2c1nc(C(=O)CCc1ccc(F)cc1)c(O)c2=O.Cl. The Bertz CT molecular complexity index is 914. The van der Waals surface area contributed by atoms with E-state index in [-0.39, 0.29) is 42.3 Å². The number of carbonyl (C=O) groups excluding carboxylic acids is 1. The maximum Gasteiger partial charge on any atom is 0.296 e. The van der Waals surface area contributed by atoms with Crippen LogP contribution >= 0.6 is 12.4 Å². The van der Waals surface area contributed by atoms with E-state index in [0.717, 1.165) is 5.56 Å². The monoisotopic (exact) mass is 424 g/mol. The summed E-state index contributed by atoms with van der Waals surface area (Å²) in [5.74, 6) is -0.974. The lowest BCUT2D eigenvalue weighted by Crippen LogP contribution is -2.32. The largest absolute Gasteiger partial charge is 0.501 e. The van der Waals surface area contributed by atoms with Gasteiger partial charge in [-0.1, -0.05) is 26.0 Å². The third kappa shape index (κ3) is 4.85. The number of fused-ring (bicyclic) bond motifs is 1. The van der Waals surface area contributed by atoms with Gasteiger partial charge in [-0.05, 0) is 37.0 Å². The summed E-state index contributed by atoms with van der Waals surface area (Å²) in [5, 5.41) is 10.4. The van der Waals surface area contributed by atoms with Crippen LogP contribution < -0.4 is 5.56 Å². The molecular formula is C21H26ClFN2O4. The van der Waals surface area contributed by atoms with Crippen LogP contribution in [0.15, 0.2) is 29.1 Å². The van der Waals surface area contributed by atoms with Crippen molar-refractivity contribution >= 4 is 18.2 Å². The molecule has 0 spiro atoms. The second kappa shape index (κ2) is 9.98. The Morgan fingerprint density at radius 2 is 1.93 bits per heavy atom. The van der Waals surface area contributed by atoms with E-state index in [0.29, 0.717) is 38.3 Å². The molecule has 2 aromatic rings. The molecule has 0 radical (unpaired) electrons. The zero-order valence-corrected chi connectivity index (χ0v) is 17.4. The van der Waals surface area contributed by atoms with Gasteiger partial charge in [-0.15, -0.1) is 12.4 Å². The Morgan fingerprint density at radius 1 is 1.24 bits per heavy atom. The Labute approximate surface area is 175 Å². The Hall–Kier alpha value is -2.25. The molecule has 1 N–H and O–H groups in total. The van der Waals surface area contributed by atoms with Crippen molar-refractivity contribution in [3.05, 3.63) is 57.5 Å². The molecule has 0 bridgehead atoms. The van der Waals surface area contributed by atoms with Crippen molar-refractivity contribution in [1.29, 1.82) is 0 Å². The van der Waals surface area contributed by atoms with Crippen molar-refractivity contribution in [1.82, 2.24) is 9.55 Å². The van der Waals surface area contributed by atoms with E-state index < -0.39 is 17.1 Å². The van der Waals surface area contributed by atoms with Crippen molar-refractivity contribution in [3.63, 3.8) is 0 Å². The molecule has 2 heterocycles. The summed E-state index contributed by atoms with van der Waals surface area (Å²) in [5.41, 5.74) is 0.0195. The molecule has 8 heteroatoms. The molecule has 0 amide bonds. The molecule has 0 saturated heterocycles. The number of aromatic nitrogens is 2. The van der Waals surface area contributed by atoms with E-state index in [4.69, 9.17) is 4.74 Å². The quantitative estimate of drug-likeness (QED) is 0.713. The fourth-order valence-electron chi connectivity index (χ4n) is 3.50. The minimum atomic E-state index is -0.608. The Kier molecular flexibility index (Phi) is 7.93. The van der Waals surface area contributed by atoms with E-state index in [9.17, 15) is 19.1 Å². The van der Waals surface area contributed by atoms with E-state index in [1.165, 1.54) is 16.7 Å². The minimum Gasteiger partial charge on any atom is -0.501 e. The molecule has 0 saturated carbocycles. The number of hydrogen-bond donors (Lipinski definition) is 1. The Morgan fingerprint density at radius 3 is 2.55 bits per heavy atom. The topological polar surface area (TPSA) is 81.4 Å². The van der Waals surface area contributed by atoms with Gasteiger partial charge in [-0.3, -0.25) is 14.2 Å². The lowest BCUT2D eigenvalue weighted by atomic mass is 10.0. The van der Waals surface area contributed by atoms with Crippen molar-refractivity contribution in [2.45, 2.75) is 51.5 Å². The van der Waals surface area contributed by atoms with Gasteiger partial charge >= 0.3 is 0 Å². The number of halogens is 2. The van der Waals surface area contributed by atoms with Crippen LogP contribution in [0.5, 0.6) is 5.75 Å². The van der Waals surface area contributed by atoms with E-state index in [1.807, 2.05) is 13.8 Å². The molecule has 29 heavy (non-hydrogen) atoms. The summed E-state index contributed by atoms with van der Waals surface area (Å²) in [7, 11) is 0. The average Bonchev–Trinajstić information content (AvgIpc) is 2.88. The number of Topliss-reactive ketones (excluding diaryl/α,β-unsaturated/α-hetero) is 1. The predicted octanol–water partition coefficient (Wildman–Crippen LogP) is 3.80. The Balaban J connectivity index is 0.00000300. The number of aryl methyl sites for hydroxylation is 1. The van der Waals surface area contributed by atoms with Gasteiger partial charge in [0.05, 0.1) is 19.3 Å². The molecule has 0 aliphatic carbocycles. The van der Waals surface area contributed by atoms with Gasteiger partial charge in [0.25, 0.3) is 5.56 Å². The smallest absolute Gasteiger partial charge is 0.296 e. The summed E-state index contributed by atoms with van der Waals surface area (Å²) in [6.45, 7) is 4.71. The lowest BCUT2D eigenvalue weighted by molar-refractivity contribution is 0.0973. The highest BCUT2D eigenvalue weighted by atomic mass is 35.5. The molecule has 6 nitrogen and oxygen atoms in total. The van der Waals surface area contributed by atoms with E-state index in [1.54, 1.807) is 12.1 Å². The number of ether oxygens (including phenoxy) is 1. The highest BCUT2D eigenvalue weighted by molar-refractivity contribution is 5.96. The molecule has 1 aliphatic heterocycles. The first-order valence-electron chi connectivity index (χ1n) is 9.67. The second-order valence-electron chi connectivity index (χ2n) is 7.10. The fraction of sp³-hybridized carbons (Fsp3) is 0.476. The summed E-state index contributed by atoms with van der Waals surface area (Å²) >= 11 is 0. The number of benzene rings is 1. The van der Waals surface area contributed by atoms with Crippen LogP contribution in [0, 0.1) is 5.82 Å². The molecular weight excluding hydrogens is 399 g/mol. The van der Waals surface area contributed by atoms with Gasteiger partial charge in [0.2, 0.25) is 5.75 Å². The normalized spacial score (nSPS) is 18.4. The van der Waals surface area contributed by atoms with Crippen LogP contribution in [0.4, 0.5) is 4.39 Å². The first kappa shape index (κ1) is 23.0. The van der Waals surface area contributed by atoms with Crippen molar-refractivity contribution in [2.75, 3.05) is 13.2 Å². The maximum absolute atomic E-state index is 13.0. The minimum absolute atomic E-state index is 0. The van der Waals surface area contributed by atoms with Crippen LogP contribution in [0.1, 0.15) is 66.9 Å². The summed E-state index contributed by atoms with van der Waals surface area (Å²) in [6, 6.07) is 5.67. The molecule has 0 unspecified atom stereocenters. The highest BCUT2D eigenvalue weighted by Crippen LogP contribution is 2.28. The molecule has 1 aliphatic rings. The molecule has 3 rings (SSSR count). The van der Waals surface area contributed by atoms with Gasteiger partial charge in [-0.2, -0.15) is 0 Å². The second-order valence-corrected chi connectivity index (χ2v) is 7.10.